The van der Waals surface area contributed by atoms with Crippen molar-refractivity contribution < 1.29 is 9.53 Å². The average Bonchev–Trinajstić information content (AvgIpc) is 2.45. The van der Waals surface area contributed by atoms with E-state index in [1.54, 1.807) is 6.20 Å². The third-order valence-electron chi connectivity index (χ3n) is 3.23. The van der Waals surface area contributed by atoms with E-state index < -0.39 is 6.04 Å². The average molecular weight is 273 g/mol. The fourth-order valence-electron chi connectivity index (χ4n) is 2.10. The third-order valence-corrected chi connectivity index (χ3v) is 3.23. The number of ether oxygens (including phenoxy) is 1. The lowest BCUT2D eigenvalue weighted by Crippen LogP contribution is -2.35. The first-order valence-corrected chi connectivity index (χ1v) is 6.52. The highest BCUT2D eigenvalue weighted by molar-refractivity contribution is 5.98. The van der Waals surface area contributed by atoms with Crippen LogP contribution in [0.25, 0.3) is 10.9 Å². The lowest BCUT2D eigenvalue weighted by Gasteiger charge is -2.22. The van der Waals surface area contributed by atoms with Gasteiger partial charge in [-0.15, -0.1) is 0 Å². The minimum absolute atomic E-state index is 0.0776. The molecule has 20 heavy (non-hydrogen) atoms. The van der Waals surface area contributed by atoms with Gasteiger partial charge in [-0.05, 0) is 12.0 Å². The Morgan fingerprint density at radius 3 is 2.70 bits per heavy atom. The van der Waals surface area contributed by atoms with Gasteiger partial charge >= 0.3 is 5.97 Å². The summed E-state index contributed by atoms with van der Waals surface area (Å²) in [5, 5.41) is 4.09. The van der Waals surface area contributed by atoms with Crippen molar-refractivity contribution in [1.29, 1.82) is 0 Å². The highest BCUT2D eigenvalue weighted by Gasteiger charge is 2.24. The van der Waals surface area contributed by atoms with Crippen LogP contribution in [0.3, 0.4) is 0 Å². The van der Waals surface area contributed by atoms with Crippen LogP contribution < -0.4 is 11.1 Å². The van der Waals surface area contributed by atoms with Gasteiger partial charge in [0.15, 0.2) is 0 Å². The van der Waals surface area contributed by atoms with Crippen LogP contribution in [0.2, 0.25) is 0 Å². The van der Waals surface area contributed by atoms with E-state index in [0.717, 1.165) is 16.6 Å². The molecule has 1 unspecified atom stereocenters. The predicted molar refractivity (Wildman–Crippen MR) is 80.4 cm³/mol. The van der Waals surface area contributed by atoms with Gasteiger partial charge in [-0.3, -0.25) is 4.98 Å². The van der Waals surface area contributed by atoms with Crippen LogP contribution in [-0.4, -0.2) is 24.1 Å². The van der Waals surface area contributed by atoms with Crippen molar-refractivity contribution in [2.75, 3.05) is 18.2 Å². The topological polar surface area (TPSA) is 77.2 Å². The van der Waals surface area contributed by atoms with Gasteiger partial charge in [0.2, 0.25) is 0 Å². The molecule has 106 valence electrons. The molecule has 0 spiro atoms. The number of nitrogen functional groups attached to an aromatic ring is 1. The minimum Gasteiger partial charge on any atom is -0.467 e. The van der Waals surface area contributed by atoms with E-state index in [2.05, 4.69) is 10.3 Å². The van der Waals surface area contributed by atoms with Crippen LogP contribution in [0, 0.1) is 5.92 Å². The number of nitrogens with zero attached hydrogens (tertiary/aromatic N) is 1. The molecule has 2 aromatic rings. The van der Waals surface area contributed by atoms with E-state index in [1.807, 2.05) is 38.1 Å². The third kappa shape index (κ3) is 2.66. The second-order valence-electron chi connectivity index (χ2n) is 4.99. The number of aromatic nitrogens is 1. The van der Waals surface area contributed by atoms with Crippen LogP contribution in [0.4, 0.5) is 11.4 Å². The summed E-state index contributed by atoms with van der Waals surface area (Å²) in [5.74, 6) is -0.228. The summed E-state index contributed by atoms with van der Waals surface area (Å²) in [5.41, 5.74) is 8.06. The Labute approximate surface area is 118 Å². The molecule has 1 aromatic heterocycles. The molecule has 0 aliphatic carbocycles. The van der Waals surface area contributed by atoms with E-state index >= 15 is 0 Å². The summed E-state index contributed by atoms with van der Waals surface area (Å²) >= 11 is 0. The number of nitrogens with one attached hydrogen (secondary N) is 1. The van der Waals surface area contributed by atoms with Crippen molar-refractivity contribution in [2.45, 2.75) is 19.9 Å². The summed E-state index contributed by atoms with van der Waals surface area (Å²) in [4.78, 5) is 16.1. The number of pyridine rings is 1. The Bertz CT molecular complexity index is 626. The molecule has 0 saturated heterocycles. The molecule has 5 nitrogen and oxygen atoms in total. The van der Waals surface area contributed by atoms with E-state index in [4.69, 9.17) is 10.5 Å². The number of carbonyl (C=O) groups excluding carboxylic acids is 1. The number of anilines is 2. The van der Waals surface area contributed by atoms with E-state index in [1.165, 1.54) is 7.11 Å². The van der Waals surface area contributed by atoms with Crippen LogP contribution in [0.15, 0.2) is 30.5 Å². The standard InChI is InChI=1S/C15H19N3O2/c1-9(2)13(15(19)20-3)18-14-10-6-4-5-7-12(10)17-8-11(14)16/h4-9,13H,16H2,1-3H3,(H,17,18). The Hall–Kier alpha value is -2.30. The quantitative estimate of drug-likeness (QED) is 0.837. The van der Waals surface area contributed by atoms with E-state index in [-0.39, 0.29) is 11.9 Å². The number of para-hydroxylation sites is 1. The summed E-state index contributed by atoms with van der Waals surface area (Å²) in [7, 11) is 1.38. The van der Waals surface area contributed by atoms with Crippen molar-refractivity contribution in [2.24, 2.45) is 5.92 Å². The zero-order chi connectivity index (χ0) is 14.7. The molecule has 1 aromatic carbocycles. The number of benzene rings is 1. The van der Waals surface area contributed by atoms with E-state index in [0.29, 0.717) is 5.69 Å². The van der Waals surface area contributed by atoms with Crippen molar-refractivity contribution in [3.63, 3.8) is 0 Å². The Kier molecular flexibility index (Phi) is 4.08. The monoisotopic (exact) mass is 273 g/mol. The lowest BCUT2D eigenvalue weighted by atomic mass is 10.0. The molecule has 0 aliphatic heterocycles. The fraction of sp³-hybridized carbons (Fsp3) is 0.333. The molecule has 1 atom stereocenters. The first-order valence-electron chi connectivity index (χ1n) is 6.52. The zero-order valence-corrected chi connectivity index (χ0v) is 11.9. The number of rotatable bonds is 4. The fourth-order valence-corrected chi connectivity index (χ4v) is 2.10. The SMILES string of the molecule is COC(=O)C(Nc1c(N)cnc2ccccc12)C(C)C. The Morgan fingerprint density at radius 1 is 1.35 bits per heavy atom. The number of carbonyl (C=O) groups is 1. The summed E-state index contributed by atoms with van der Waals surface area (Å²) < 4.78 is 4.84. The second-order valence-corrected chi connectivity index (χ2v) is 4.99. The van der Waals surface area contributed by atoms with Crippen LogP contribution in [0.1, 0.15) is 13.8 Å². The molecular weight excluding hydrogens is 254 g/mol. The highest BCUT2D eigenvalue weighted by Crippen LogP contribution is 2.29. The van der Waals surface area contributed by atoms with Gasteiger partial charge in [0, 0.05) is 5.39 Å². The van der Waals surface area contributed by atoms with Gasteiger partial charge in [-0.25, -0.2) is 4.79 Å². The predicted octanol–water partition coefficient (Wildman–Crippen LogP) is 2.43. The molecule has 1 heterocycles. The Balaban J connectivity index is 2.46. The maximum absolute atomic E-state index is 11.9. The number of methoxy groups -OCH3 is 1. The largest absolute Gasteiger partial charge is 0.467 e. The molecule has 3 N–H and O–H groups in total. The van der Waals surface area contributed by atoms with Gasteiger partial charge < -0.3 is 15.8 Å². The molecule has 0 amide bonds. The smallest absolute Gasteiger partial charge is 0.328 e. The molecule has 5 heteroatoms. The summed E-state index contributed by atoms with van der Waals surface area (Å²) in [6, 6.07) is 7.21. The van der Waals surface area contributed by atoms with Crippen LogP contribution >= 0.6 is 0 Å². The lowest BCUT2D eigenvalue weighted by molar-refractivity contribution is -0.142. The molecule has 2 rings (SSSR count). The number of esters is 1. The van der Waals surface area contributed by atoms with Crippen molar-refractivity contribution in [3.8, 4) is 0 Å². The zero-order valence-electron chi connectivity index (χ0n) is 11.9. The van der Waals surface area contributed by atoms with Crippen molar-refractivity contribution in [3.05, 3.63) is 30.5 Å². The summed E-state index contributed by atoms with van der Waals surface area (Å²) in [6.07, 6.45) is 1.60. The molecular formula is C15H19N3O2. The summed E-state index contributed by atoms with van der Waals surface area (Å²) in [6.45, 7) is 3.91. The maximum atomic E-state index is 11.9. The van der Waals surface area contributed by atoms with E-state index in [9.17, 15) is 4.79 Å². The molecule has 0 radical (unpaired) electrons. The molecule has 0 saturated carbocycles. The first kappa shape index (κ1) is 14.1. The van der Waals surface area contributed by atoms with Gasteiger partial charge in [-0.2, -0.15) is 0 Å². The minimum atomic E-state index is -0.451. The van der Waals surface area contributed by atoms with Gasteiger partial charge in [0.1, 0.15) is 6.04 Å². The first-order chi connectivity index (χ1) is 9.54. The normalized spacial score (nSPS) is 12.4. The molecule has 0 fully saturated rings. The van der Waals surface area contributed by atoms with Crippen molar-refractivity contribution in [1.82, 2.24) is 4.98 Å². The number of hydrogen-bond donors (Lipinski definition) is 2. The van der Waals surface area contributed by atoms with Gasteiger partial charge in [-0.1, -0.05) is 32.0 Å². The highest BCUT2D eigenvalue weighted by atomic mass is 16.5. The second kappa shape index (κ2) is 5.77. The van der Waals surface area contributed by atoms with Gasteiger partial charge in [0.05, 0.1) is 30.2 Å². The van der Waals surface area contributed by atoms with Gasteiger partial charge in [0.25, 0.3) is 0 Å². The van der Waals surface area contributed by atoms with Crippen LogP contribution in [-0.2, 0) is 9.53 Å². The number of nitrogens with two attached hydrogens (primary N) is 1. The maximum Gasteiger partial charge on any atom is 0.328 e. The Morgan fingerprint density at radius 2 is 2.05 bits per heavy atom. The number of hydrogen-bond acceptors (Lipinski definition) is 5. The molecule has 0 bridgehead atoms. The molecule has 0 aliphatic rings. The van der Waals surface area contributed by atoms with Crippen molar-refractivity contribution >= 4 is 28.2 Å². The number of fused-ring (bicyclic) bond motifs is 1. The van der Waals surface area contributed by atoms with Crippen LogP contribution in [0.5, 0.6) is 0 Å².